The Bertz CT molecular complexity index is 1750. The van der Waals surface area contributed by atoms with E-state index in [1.165, 1.54) is 37.4 Å². The van der Waals surface area contributed by atoms with E-state index in [1.807, 2.05) is 32.9 Å². The minimum absolute atomic E-state index is 0.0583. The minimum Gasteiger partial charge on any atom is -0.489 e. The van der Waals surface area contributed by atoms with E-state index < -0.39 is 17.7 Å². The molecule has 3 aromatic carbocycles. The molecule has 0 bridgehead atoms. The van der Waals surface area contributed by atoms with Crippen LogP contribution in [0.2, 0.25) is 5.02 Å². The molecule has 12 heteroatoms. The van der Waals surface area contributed by atoms with E-state index >= 15 is 4.39 Å². The maximum absolute atomic E-state index is 15.1. The molecule has 5 rings (SSSR count). The number of hydrogen-bond donors (Lipinski definition) is 1. The summed E-state index contributed by atoms with van der Waals surface area (Å²) in [6.45, 7) is 14.3. The molecular weight excluding hydrogens is 626 g/mol. The highest BCUT2D eigenvalue weighted by molar-refractivity contribution is 6.30. The molecule has 1 N–H and O–H groups in total. The number of hydrogen-bond acceptors (Lipinski definition) is 8. The van der Waals surface area contributed by atoms with E-state index in [-0.39, 0.29) is 28.3 Å². The second kappa shape index (κ2) is 15.1. The zero-order valence-electron chi connectivity index (χ0n) is 27.2. The molecule has 47 heavy (non-hydrogen) atoms. The average molecular weight is 665 g/mol. The Balaban J connectivity index is 1.35. The van der Waals surface area contributed by atoms with E-state index in [9.17, 15) is 9.18 Å². The van der Waals surface area contributed by atoms with Crippen molar-refractivity contribution in [2.45, 2.75) is 27.7 Å². The van der Waals surface area contributed by atoms with Gasteiger partial charge in [-0.2, -0.15) is 4.98 Å². The Morgan fingerprint density at radius 3 is 2.40 bits per heavy atom. The summed E-state index contributed by atoms with van der Waals surface area (Å²) in [5.74, 6) is -1.05. The van der Waals surface area contributed by atoms with Gasteiger partial charge >= 0.3 is 6.09 Å². The molecular formula is C35H39ClF2N6O3. The summed E-state index contributed by atoms with van der Waals surface area (Å²) in [5.41, 5.74) is 4.79. The van der Waals surface area contributed by atoms with Gasteiger partial charge < -0.3 is 19.7 Å². The second-order valence-electron chi connectivity index (χ2n) is 11.5. The minimum atomic E-state index is -0.890. The first-order valence-electron chi connectivity index (χ1n) is 15.5. The molecule has 248 valence electrons. The third-order valence-corrected chi connectivity index (χ3v) is 8.77. The third-order valence-electron chi connectivity index (χ3n) is 8.54. The van der Waals surface area contributed by atoms with Gasteiger partial charge in [0.05, 0.1) is 11.4 Å². The van der Waals surface area contributed by atoms with Crippen molar-refractivity contribution >= 4 is 35.0 Å². The highest BCUT2D eigenvalue weighted by atomic mass is 35.5. The Kier molecular flexibility index (Phi) is 10.9. The van der Waals surface area contributed by atoms with Crippen LogP contribution in [-0.2, 0) is 0 Å². The summed E-state index contributed by atoms with van der Waals surface area (Å²) in [6.07, 6.45) is -0.890. The molecule has 1 aromatic heterocycles. The predicted octanol–water partition coefficient (Wildman–Crippen LogP) is 7.40. The fraction of sp³-hybridized carbons (Fsp3) is 0.343. The van der Waals surface area contributed by atoms with Gasteiger partial charge in [-0.1, -0.05) is 30.7 Å². The zero-order chi connectivity index (χ0) is 33.7. The van der Waals surface area contributed by atoms with Gasteiger partial charge in [-0.25, -0.2) is 18.6 Å². The van der Waals surface area contributed by atoms with Crippen LogP contribution in [0.3, 0.4) is 0 Å². The zero-order valence-corrected chi connectivity index (χ0v) is 28.0. The highest BCUT2D eigenvalue weighted by Crippen LogP contribution is 2.31. The maximum Gasteiger partial charge on any atom is 0.420 e. The number of aryl methyl sites for hydroxylation is 1. The van der Waals surface area contributed by atoms with Crippen LogP contribution in [0.25, 0.3) is 11.3 Å². The topological polar surface area (TPSA) is 83.1 Å². The first-order chi connectivity index (χ1) is 22.5. The monoisotopic (exact) mass is 664 g/mol. The van der Waals surface area contributed by atoms with E-state index in [0.717, 1.165) is 66.4 Å². The van der Waals surface area contributed by atoms with Crippen molar-refractivity contribution in [1.82, 2.24) is 19.8 Å². The Morgan fingerprint density at radius 1 is 0.936 bits per heavy atom. The lowest BCUT2D eigenvalue weighted by atomic mass is 9.97. The van der Waals surface area contributed by atoms with Crippen molar-refractivity contribution in [3.05, 3.63) is 87.9 Å². The van der Waals surface area contributed by atoms with Crippen molar-refractivity contribution in [2.24, 2.45) is 0 Å². The fourth-order valence-corrected chi connectivity index (χ4v) is 5.51. The molecule has 4 aromatic rings. The van der Waals surface area contributed by atoms with E-state index in [0.29, 0.717) is 18.0 Å². The summed E-state index contributed by atoms with van der Waals surface area (Å²) in [6, 6.07) is 13.8. The molecule has 0 aliphatic carbocycles. The van der Waals surface area contributed by atoms with Gasteiger partial charge in [0.15, 0.2) is 11.6 Å². The number of carbonyl (C=O) groups excluding carboxylic acids is 1. The molecule has 1 aliphatic rings. The molecule has 1 fully saturated rings. The number of carbonyl (C=O) groups is 1. The Hall–Kier alpha value is -4.32. The van der Waals surface area contributed by atoms with E-state index in [2.05, 4.69) is 32.0 Å². The van der Waals surface area contributed by atoms with Crippen molar-refractivity contribution in [2.75, 3.05) is 63.1 Å². The number of rotatable bonds is 10. The third kappa shape index (κ3) is 8.34. The first kappa shape index (κ1) is 34.0. The van der Waals surface area contributed by atoms with E-state index in [4.69, 9.17) is 21.1 Å². The van der Waals surface area contributed by atoms with Crippen molar-refractivity contribution in [3.63, 3.8) is 0 Å². The number of aromatic nitrogens is 2. The largest absolute Gasteiger partial charge is 0.489 e. The van der Waals surface area contributed by atoms with Crippen molar-refractivity contribution in [3.8, 4) is 22.9 Å². The number of anilines is 3. The number of piperazine rings is 1. The molecule has 0 saturated carbocycles. The molecule has 1 aliphatic heterocycles. The number of ether oxygens (including phenoxy) is 2. The van der Waals surface area contributed by atoms with Gasteiger partial charge in [0.1, 0.15) is 12.4 Å². The first-order valence-corrected chi connectivity index (χ1v) is 15.9. The molecule has 9 nitrogen and oxygen atoms in total. The van der Waals surface area contributed by atoms with Crippen molar-refractivity contribution < 1.29 is 23.0 Å². The van der Waals surface area contributed by atoms with Crippen LogP contribution in [0, 0.1) is 32.4 Å². The number of nitrogens with zero attached hydrogens (tertiary/aromatic N) is 5. The summed E-state index contributed by atoms with van der Waals surface area (Å²) in [7, 11) is 1.37. The Morgan fingerprint density at radius 2 is 1.68 bits per heavy atom. The number of amides is 1. The lowest BCUT2D eigenvalue weighted by Crippen LogP contribution is -2.47. The quantitative estimate of drug-likeness (QED) is 0.188. The molecule has 0 radical (unpaired) electrons. The highest BCUT2D eigenvalue weighted by Gasteiger charge is 2.21. The standard InChI is InChI=1S/C35H39ClF2N6O3/c1-6-43-13-15-44(16-14-43)17-18-46-32-12-9-26(20-29(32)38)39-34-40-30(27-10-7-22(2)23(3)24(27)4)21-33(41-34)47-35(45)42(5)31-19-25(36)8-11-28(31)37/h7-12,19-21H,6,13-18H2,1-5H3,(H,39,40,41). The van der Waals surface area contributed by atoms with Crippen molar-refractivity contribution in [1.29, 1.82) is 0 Å². The molecule has 0 spiro atoms. The van der Waals surface area contributed by atoms with Gasteiger partial charge in [0.25, 0.3) is 0 Å². The number of likely N-dealkylation sites (N-methyl/N-ethyl adjacent to an activating group) is 1. The lowest BCUT2D eigenvalue weighted by Gasteiger charge is -2.33. The van der Waals surface area contributed by atoms with Gasteiger partial charge in [-0.15, -0.1) is 0 Å². The Labute approximate surface area is 279 Å². The second-order valence-corrected chi connectivity index (χ2v) is 11.9. The summed E-state index contributed by atoms with van der Waals surface area (Å²) < 4.78 is 40.9. The summed E-state index contributed by atoms with van der Waals surface area (Å²) in [4.78, 5) is 27.8. The fourth-order valence-electron chi connectivity index (χ4n) is 5.34. The van der Waals surface area contributed by atoms with Crippen LogP contribution < -0.4 is 19.7 Å². The maximum atomic E-state index is 15.1. The van der Waals surface area contributed by atoms with E-state index in [1.54, 1.807) is 12.1 Å². The van der Waals surface area contributed by atoms with Gasteiger partial charge in [0, 0.05) is 68.2 Å². The summed E-state index contributed by atoms with van der Waals surface area (Å²) in [5, 5.41) is 3.28. The van der Waals surface area contributed by atoms with Gasteiger partial charge in [-0.05, 0) is 74.3 Å². The molecule has 1 amide bonds. The molecule has 2 heterocycles. The van der Waals surface area contributed by atoms with Crippen LogP contribution in [0.5, 0.6) is 11.6 Å². The molecule has 0 atom stereocenters. The van der Waals surface area contributed by atoms with Gasteiger partial charge in [0.2, 0.25) is 11.8 Å². The van der Waals surface area contributed by atoms with Gasteiger partial charge in [-0.3, -0.25) is 9.80 Å². The summed E-state index contributed by atoms with van der Waals surface area (Å²) >= 11 is 6.03. The average Bonchev–Trinajstić information content (AvgIpc) is 3.05. The lowest BCUT2D eigenvalue weighted by molar-refractivity contribution is 0.120. The molecule has 0 unspecified atom stereocenters. The predicted molar refractivity (Wildman–Crippen MR) is 181 cm³/mol. The normalized spacial score (nSPS) is 13.8. The van der Waals surface area contributed by atoms with Crippen LogP contribution in [0.4, 0.5) is 30.9 Å². The molecule has 1 saturated heterocycles. The number of benzene rings is 3. The SMILES string of the molecule is CCN1CCN(CCOc2ccc(Nc3nc(OC(=O)N(C)c4cc(Cl)ccc4F)cc(-c4ccc(C)c(C)c4C)n3)cc2F)CC1. The number of nitrogens with one attached hydrogen (secondary N) is 1. The van der Waals surface area contributed by atoms with Crippen LogP contribution >= 0.6 is 11.6 Å². The van der Waals surface area contributed by atoms with Crippen LogP contribution in [0.15, 0.2) is 54.6 Å². The van der Waals surface area contributed by atoms with Crippen LogP contribution in [0.1, 0.15) is 23.6 Å². The smallest absolute Gasteiger partial charge is 0.420 e. The number of halogens is 3. The van der Waals surface area contributed by atoms with Crippen LogP contribution in [-0.4, -0.2) is 78.8 Å².